The summed E-state index contributed by atoms with van der Waals surface area (Å²) in [7, 11) is 0. The first-order valence-electron chi connectivity index (χ1n) is 8.45. The number of likely N-dealkylation sites (tertiary alicyclic amines) is 1. The lowest BCUT2D eigenvalue weighted by molar-refractivity contribution is -0.156. The van der Waals surface area contributed by atoms with Gasteiger partial charge in [-0.25, -0.2) is 4.39 Å². The molecule has 0 unspecified atom stereocenters. The van der Waals surface area contributed by atoms with Gasteiger partial charge < -0.3 is 15.3 Å². The first-order valence-corrected chi connectivity index (χ1v) is 8.45. The van der Waals surface area contributed by atoms with Crippen LogP contribution in [0.15, 0.2) is 18.2 Å². The van der Waals surface area contributed by atoms with Gasteiger partial charge in [-0.05, 0) is 55.7 Å². The highest BCUT2D eigenvalue weighted by molar-refractivity contribution is 5.86. The Labute approximate surface area is 136 Å². The average molecular weight is 320 g/mol. The van der Waals surface area contributed by atoms with Crippen LogP contribution in [0.2, 0.25) is 0 Å². The van der Waals surface area contributed by atoms with Crippen molar-refractivity contribution in [1.29, 1.82) is 0 Å². The Balaban J connectivity index is 1.54. The van der Waals surface area contributed by atoms with Gasteiger partial charge in [0.1, 0.15) is 5.82 Å². The fourth-order valence-corrected chi connectivity index (χ4v) is 3.18. The summed E-state index contributed by atoms with van der Waals surface area (Å²) in [4.78, 5) is 14.3. The number of halogens is 1. The maximum atomic E-state index is 13.5. The van der Waals surface area contributed by atoms with Crippen molar-refractivity contribution in [1.82, 2.24) is 10.2 Å². The second kappa shape index (κ2) is 6.57. The molecule has 1 aromatic carbocycles. The predicted octanol–water partition coefficient (Wildman–Crippen LogP) is 1.99. The molecule has 1 saturated heterocycles. The summed E-state index contributed by atoms with van der Waals surface area (Å²) in [5, 5.41) is 13.8. The van der Waals surface area contributed by atoms with E-state index in [9.17, 15) is 14.3 Å². The molecule has 2 aliphatic rings. The SMILES string of the molecule is Cc1ccc(CNC[C@@]2(O)CCCN(CC3CC3)C2=O)cc1F. The molecule has 2 N–H and O–H groups in total. The summed E-state index contributed by atoms with van der Waals surface area (Å²) in [6, 6.07) is 5.09. The van der Waals surface area contributed by atoms with Crippen molar-refractivity contribution in [3.05, 3.63) is 35.1 Å². The Bertz CT molecular complexity index is 588. The van der Waals surface area contributed by atoms with E-state index in [0.29, 0.717) is 24.4 Å². The smallest absolute Gasteiger partial charge is 0.255 e. The van der Waals surface area contributed by atoms with Gasteiger partial charge in [-0.1, -0.05) is 12.1 Å². The molecule has 1 aliphatic heterocycles. The molecule has 1 atom stereocenters. The third-order valence-electron chi connectivity index (χ3n) is 4.86. The maximum Gasteiger partial charge on any atom is 0.255 e. The van der Waals surface area contributed by atoms with Crippen molar-refractivity contribution >= 4 is 5.91 Å². The molecule has 2 fully saturated rings. The Morgan fingerprint density at radius 2 is 2.22 bits per heavy atom. The van der Waals surface area contributed by atoms with Crippen molar-refractivity contribution in [3.8, 4) is 0 Å². The zero-order valence-corrected chi connectivity index (χ0v) is 13.6. The fourth-order valence-electron chi connectivity index (χ4n) is 3.18. The Hall–Kier alpha value is -1.46. The van der Waals surface area contributed by atoms with E-state index < -0.39 is 5.60 Å². The normalized spacial score (nSPS) is 25.0. The lowest BCUT2D eigenvalue weighted by atomic mass is 9.91. The second-order valence-corrected chi connectivity index (χ2v) is 7.02. The lowest BCUT2D eigenvalue weighted by Crippen LogP contribution is -2.58. The van der Waals surface area contributed by atoms with Crippen LogP contribution in [0.4, 0.5) is 4.39 Å². The van der Waals surface area contributed by atoms with Crippen LogP contribution in [-0.4, -0.2) is 41.1 Å². The largest absolute Gasteiger partial charge is 0.379 e. The Morgan fingerprint density at radius 3 is 2.91 bits per heavy atom. The van der Waals surface area contributed by atoms with Crippen LogP contribution < -0.4 is 5.32 Å². The summed E-state index contributed by atoms with van der Waals surface area (Å²) >= 11 is 0. The van der Waals surface area contributed by atoms with Crippen LogP contribution >= 0.6 is 0 Å². The van der Waals surface area contributed by atoms with E-state index in [-0.39, 0.29) is 18.3 Å². The quantitative estimate of drug-likeness (QED) is 0.843. The first kappa shape index (κ1) is 16.4. The number of nitrogens with one attached hydrogen (secondary N) is 1. The minimum absolute atomic E-state index is 0.154. The molecule has 1 saturated carbocycles. The molecule has 23 heavy (non-hydrogen) atoms. The zero-order chi connectivity index (χ0) is 16.4. The molecular formula is C18H25FN2O2. The molecule has 3 rings (SSSR count). The van der Waals surface area contributed by atoms with E-state index in [4.69, 9.17) is 0 Å². The molecule has 0 radical (unpaired) electrons. The number of nitrogens with zero attached hydrogens (tertiary/aromatic N) is 1. The second-order valence-electron chi connectivity index (χ2n) is 7.02. The van der Waals surface area contributed by atoms with Crippen LogP contribution in [0, 0.1) is 18.7 Å². The molecule has 126 valence electrons. The van der Waals surface area contributed by atoms with Crippen LogP contribution in [0.1, 0.15) is 36.8 Å². The molecular weight excluding hydrogens is 295 g/mol. The monoisotopic (exact) mass is 320 g/mol. The fraction of sp³-hybridized carbons (Fsp3) is 0.611. The third kappa shape index (κ3) is 3.90. The van der Waals surface area contributed by atoms with Crippen molar-refractivity contribution in [2.45, 2.75) is 44.8 Å². The lowest BCUT2D eigenvalue weighted by Gasteiger charge is -2.38. The van der Waals surface area contributed by atoms with Gasteiger partial charge in [0.05, 0.1) is 0 Å². The van der Waals surface area contributed by atoms with E-state index >= 15 is 0 Å². The first-order chi connectivity index (χ1) is 11.0. The molecule has 5 heteroatoms. The van der Waals surface area contributed by atoms with Crippen molar-refractivity contribution < 1.29 is 14.3 Å². The van der Waals surface area contributed by atoms with E-state index in [1.54, 1.807) is 13.0 Å². The molecule has 1 heterocycles. The van der Waals surface area contributed by atoms with E-state index in [1.807, 2.05) is 11.0 Å². The number of hydrogen-bond donors (Lipinski definition) is 2. The number of benzene rings is 1. The number of carbonyl (C=O) groups is 1. The number of rotatable bonds is 6. The highest BCUT2D eigenvalue weighted by atomic mass is 19.1. The van der Waals surface area contributed by atoms with E-state index in [0.717, 1.165) is 25.1 Å². The van der Waals surface area contributed by atoms with Crippen molar-refractivity contribution in [3.63, 3.8) is 0 Å². The number of aryl methyl sites for hydroxylation is 1. The van der Waals surface area contributed by atoms with Crippen LogP contribution in [-0.2, 0) is 11.3 Å². The van der Waals surface area contributed by atoms with Crippen LogP contribution in [0.25, 0.3) is 0 Å². The zero-order valence-electron chi connectivity index (χ0n) is 13.6. The van der Waals surface area contributed by atoms with Crippen LogP contribution in [0.5, 0.6) is 0 Å². The molecule has 0 aromatic heterocycles. The average Bonchev–Trinajstić information content (AvgIpc) is 3.32. The number of amides is 1. The molecule has 0 spiro atoms. The molecule has 1 amide bonds. The molecule has 0 bridgehead atoms. The van der Waals surface area contributed by atoms with Crippen molar-refractivity contribution in [2.24, 2.45) is 5.92 Å². The van der Waals surface area contributed by atoms with Gasteiger partial charge in [0, 0.05) is 26.2 Å². The summed E-state index contributed by atoms with van der Waals surface area (Å²) in [6.07, 6.45) is 3.71. The number of piperidine rings is 1. The minimum Gasteiger partial charge on any atom is -0.379 e. The summed E-state index contributed by atoms with van der Waals surface area (Å²) < 4.78 is 13.5. The molecule has 1 aliphatic carbocycles. The van der Waals surface area contributed by atoms with Gasteiger partial charge in [-0.3, -0.25) is 4.79 Å². The standard InChI is InChI=1S/C18H25FN2O2/c1-13-3-4-15(9-16(13)19)10-20-12-18(23)7-2-8-21(17(18)22)11-14-5-6-14/h3-4,9,14,20,23H,2,5-8,10-12H2,1H3/t18-/m0/s1. The van der Waals surface area contributed by atoms with Gasteiger partial charge in [0.2, 0.25) is 0 Å². The number of carbonyl (C=O) groups excluding carboxylic acids is 1. The van der Waals surface area contributed by atoms with Gasteiger partial charge in [-0.2, -0.15) is 0 Å². The summed E-state index contributed by atoms with van der Waals surface area (Å²) in [5.74, 6) is 0.246. The van der Waals surface area contributed by atoms with E-state index in [1.165, 1.54) is 18.9 Å². The number of hydrogen-bond acceptors (Lipinski definition) is 3. The molecule has 4 nitrogen and oxygen atoms in total. The number of aliphatic hydroxyl groups is 1. The third-order valence-corrected chi connectivity index (χ3v) is 4.86. The van der Waals surface area contributed by atoms with Crippen molar-refractivity contribution in [2.75, 3.05) is 19.6 Å². The van der Waals surface area contributed by atoms with Gasteiger partial charge >= 0.3 is 0 Å². The maximum absolute atomic E-state index is 13.5. The highest BCUT2D eigenvalue weighted by Crippen LogP contribution is 2.32. The Kier molecular flexibility index (Phi) is 4.69. The van der Waals surface area contributed by atoms with Gasteiger partial charge in [-0.15, -0.1) is 0 Å². The minimum atomic E-state index is -1.32. The molecule has 1 aromatic rings. The predicted molar refractivity (Wildman–Crippen MR) is 86.3 cm³/mol. The van der Waals surface area contributed by atoms with Gasteiger partial charge in [0.15, 0.2) is 5.60 Å². The van der Waals surface area contributed by atoms with Gasteiger partial charge in [0.25, 0.3) is 5.91 Å². The highest BCUT2D eigenvalue weighted by Gasteiger charge is 2.43. The Morgan fingerprint density at radius 1 is 1.43 bits per heavy atom. The van der Waals surface area contributed by atoms with Crippen LogP contribution in [0.3, 0.4) is 0 Å². The van der Waals surface area contributed by atoms with E-state index in [2.05, 4.69) is 5.32 Å². The summed E-state index contributed by atoms with van der Waals surface area (Å²) in [6.45, 7) is 3.91. The summed E-state index contributed by atoms with van der Waals surface area (Å²) in [5.41, 5.74) is 0.108. The topological polar surface area (TPSA) is 52.6 Å².